The molecule has 0 bridgehead atoms. The molecule has 0 radical (unpaired) electrons. The molecule has 0 aliphatic rings. The van der Waals surface area contributed by atoms with Gasteiger partial charge in [0, 0.05) is 12.2 Å². The molecule has 0 unspecified atom stereocenters. The number of tetrazole rings is 1. The number of hydrogen-bond donors (Lipinski definition) is 2. The number of aryl methyl sites for hydroxylation is 2. The number of pyridine rings is 1. The maximum absolute atomic E-state index is 13.6. The molecular weight excluding hydrogens is 539 g/mol. The van der Waals surface area contributed by atoms with Gasteiger partial charge in [0.05, 0.1) is 22.0 Å². The smallest absolute Gasteiger partial charge is 0.350 e. The Morgan fingerprint density at radius 3 is 2.49 bits per heavy atom. The standard InChI is InChI=1S/C24H23ClF3N9O2/c1-12(2)30-21(38)16-9-13(3)8-14(4)19(16)31-22(39)18-10-15(11-36-34-23(32-35-36)24(26,27)28)33-37(18)20-17(25)6-5-7-29-20/h5-10,12H,11H2,1-4H3,(H,30,38)(H,31,39). The third-order valence-electron chi connectivity index (χ3n) is 5.32. The number of anilines is 1. The zero-order valence-corrected chi connectivity index (χ0v) is 22.0. The van der Waals surface area contributed by atoms with Gasteiger partial charge >= 0.3 is 6.18 Å². The molecule has 0 fully saturated rings. The number of hydrogen-bond acceptors (Lipinski definition) is 7. The quantitative estimate of drug-likeness (QED) is 0.349. The highest BCUT2D eigenvalue weighted by molar-refractivity contribution is 6.32. The van der Waals surface area contributed by atoms with Crippen LogP contribution in [0.1, 0.15) is 57.3 Å². The summed E-state index contributed by atoms with van der Waals surface area (Å²) in [7, 11) is 0. The molecule has 3 aromatic heterocycles. The Morgan fingerprint density at radius 2 is 1.85 bits per heavy atom. The topological polar surface area (TPSA) is 133 Å². The molecule has 2 N–H and O–H groups in total. The number of carbonyl (C=O) groups excluding carboxylic acids is 2. The van der Waals surface area contributed by atoms with Crippen LogP contribution in [0.15, 0.2) is 36.5 Å². The first-order valence-electron chi connectivity index (χ1n) is 11.6. The second kappa shape index (κ2) is 10.8. The van der Waals surface area contributed by atoms with Crippen LogP contribution >= 0.6 is 11.6 Å². The summed E-state index contributed by atoms with van der Waals surface area (Å²) in [5.41, 5.74) is 2.11. The average molecular weight is 562 g/mol. The zero-order valence-electron chi connectivity index (χ0n) is 21.2. The summed E-state index contributed by atoms with van der Waals surface area (Å²) in [5, 5.41) is 19.8. The predicted octanol–water partition coefficient (Wildman–Crippen LogP) is 3.98. The Morgan fingerprint density at radius 1 is 1.10 bits per heavy atom. The minimum absolute atomic E-state index is 0.0445. The number of rotatable bonds is 7. The van der Waals surface area contributed by atoms with Crippen LogP contribution < -0.4 is 10.6 Å². The largest absolute Gasteiger partial charge is 0.455 e. The van der Waals surface area contributed by atoms with Crippen LogP contribution in [-0.2, 0) is 12.7 Å². The van der Waals surface area contributed by atoms with Crippen molar-refractivity contribution >= 4 is 29.1 Å². The molecule has 3 heterocycles. The summed E-state index contributed by atoms with van der Waals surface area (Å²) < 4.78 is 39.9. The monoisotopic (exact) mass is 561 g/mol. The number of alkyl halides is 3. The molecule has 4 aromatic rings. The number of halogens is 4. The van der Waals surface area contributed by atoms with E-state index < -0.39 is 17.9 Å². The second-order valence-corrected chi connectivity index (χ2v) is 9.38. The summed E-state index contributed by atoms with van der Waals surface area (Å²) >= 11 is 6.30. The molecule has 0 aliphatic heterocycles. The van der Waals surface area contributed by atoms with Crippen molar-refractivity contribution in [2.45, 2.75) is 46.5 Å². The Labute approximate surface area is 225 Å². The minimum Gasteiger partial charge on any atom is -0.350 e. The van der Waals surface area contributed by atoms with Crippen LogP contribution in [0.2, 0.25) is 5.02 Å². The highest BCUT2D eigenvalue weighted by Crippen LogP contribution is 2.27. The van der Waals surface area contributed by atoms with Crippen LogP contribution in [0, 0.1) is 13.8 Å². The lowest BCUT2D eigenvalue weighted by Crippen LogP contribution is -2.31. The van der Waals surface area contributed by atoms with Gasteiger partial charge in [0.1, 0.15) is 12.2 Å². The van der Waals surface area contributed by atoms with Crippen molar-refractivity contribution in [3.05, 3.63) is 75.5 Å². The molecule has 0 saturated carbocycles. The fraction of sp³-hybridized carbons (Fsp3) is 0.292. The fourth-order valence-corrected chi connectivity index (χ4v) is 3.96. The molecule has 11 nitrogen and oxygen atoms in total. The maximum Gasteiger partial charge on any atom is 0.455 e. The molecule has 0 aliphatic carbocycles. The number of nitrogens with one attached hydrogen (secondary N) is 2. The van der Waals surface area contributed by atoms with E-state index in [0.717, 1.165) is 10.2 Å². The number of benzene rings is 1. The summed E-state index contributed by atoms with van der Waals surface area (Å²) in [6, 6.07) is 7.81. The van der Waals surface area contributed by atoms with E-state index in [9.17, 15) is 22.8 Å². The Kier molecular flexibility index (Phi) is 7.67. The molecule has 15 heteroatoms. The average Bonchev–Trinajstić information content (AvgIpc) is 3.48. The van der Waals surface area contributed by atoms with Gasteiger partial charge in [-0.2, -0.15) is 23.1 Å². The van der Waals surface area contributed by atoms with Gasteiger partial charge in [-0.1, -0.05) is 17.7 Å². The maximum atomic E-state index is 13.6. The first-order valence-corrected chi connectivity index (χ1v) is 12.0. The Balaban J connectivity index is 1.74. The molecule has 0 atom stereocenters. The van der Waals surface area contributed by atoms with Crippen LogP contribution in [0.25, 0.3) is 5.82 Å². The van der Waals surface area contributed by atoms with Gasteiger partial charge in [0.15, 0.2) is 5.82 Å². The van der Waals surface area contributed by atoms with Gasteiger partial charge in [-0.25, -0.2) is 9.67 Å². The van der Waals surface area contributed by atoms with E-state index in [0.29, 0.717) is 10.4 Å². The van der Waals surface area contributed by atoms with Crippen LogP contribution in [0.3, 0.4) is 0 Å². The lowest BCUT2D eigenvalue weighted by molar-refractivity contribution is -0.145. The molecule has 0 saturated heterocycles. The van der Waals surface area contributed by atoms with Crippen molar-refractivity contribution in [3.63, 3.8) is 0 Å². The van der Waals surface area contributed by atoms with Crippen LogP contribution in [-0.4, -0.2) is 52.8 Å². The van der Waals surface area contributed by atoms with E-state index in [1.807, 2.05) is 26.8 Å². The van der Waals surface area contributed by atoms with Gasteiger partial charge in [-0.05, 0) is 68.3 Å². The van der Waals surface area contributed by atoms with Crippen molar-refractivity contribution in [2.24, 2.45) is 0 Å². The van der Waals surface area contributed by atoms with Crippen LogP contribution in [0.5, 0.6) is 0 Å². The summed E-state index contributed by atoms with van der Waals surface area (Å²) in [6.07, 6.45) is -3.33. The van der Waals surface area contributed by atoms with Gasteiger partial charge in [0.2, 0.25) is 0 Å². The van der Waals surface area contributed by atoms with E-state index in [4.69, 9.17) is 11.6 Å². The van der Waals surface area contributed by atoms with E-state index >= 15 is 0 Å². The lowest BCUT2D eigenvalue weighted by Gasteiger charge is -2.17. The Hall–Kier alpha value is -4.33. The van der Waals surface area contributed by atoms with Crippen molar-refractivity contribution in [1.29, 1.82) is 0 Å². The highest BCUT2D eigenvalue weighted by atomic mass is 35.5. The van der Waals surface area contributed by atoms with E-state index in [1.165, 1.54) is 12.3 Å². The molecule has 204 valence electrons. The third-order valence-corrected chi connectivity index (χ3v) is 5.62. The second-order valence-electron chi connectivity index (χ2n) is 8.97. The molecule has 39 heavy (non-hydrogen) atoms. The van der Waals surface area contributed by atoms with Gasteiger partial charge in [-0.15, -0.1) is 10.2 Å². The number of nitrogens with zero attached hydrogens (tertiary/aromatic N) is 7. The first kappa shape index (κ1) is 27.7. The molecule has 4 rings (SSSR count). The van der Waals surface area contributed by atoms with Crippen molar-refractivity contribution in [2.75, 3.05) is 5.32 Å². The first-order chi connectivity index (χ1) is 18.3. The number of carbonyl (C=O) groups is 2. The zero-order chi connectivity index (χ0) is 28.5. The summed E-state index contributed by atoms with van der Waals surface area (Å²) in [5.74, 6) is -2.33. The minimum atomic E-state index is -4.77. The van der Waals surface area contributed by atoms with E-state index in [-0.39, 0.29) is 52.0 Å². The van der Waals surface area contributed by atoms with Crippen molar-refractivity contribution in [1.82, 2.24) is 40.3 Å². The summed E-state index contributed by atoms with van der Waals surface area (Å²) in [4.78, 5) is 31.4. The molecule has 0 spiro atoms. The Bertz CT molecular complexity index is 1550. The van der Waals surface area contributed by atoms with Crippen molar-refractivity contribution in [3.8, 4) is 5.82 Å². The van der Waals surface area contributed by atoms with Gasteiger partial charge in [0.25, 0.3) is 17.6 Å². The molecule has 2 amide bonds. The number of aromatic nitrogens is 7. The molecular formula is C24H23ClF3N9O2. The number of amides is 2. The SMILES string of the molecule is Cc1cc(C)c(NC(=O)c2cc(Cn3nnc(C(F)(F)F)n3)nn2-c2ncccc2Cl)c(C(=O)NC(C)C)c1. The van der Waals surface area contributed by atoms with E-state index in [1.54, 1.807) is 25.1 Å². The normalized spacial score (nSPS) is 11.6. The fourth-order valence-electron chi connectivity index (χ4n) is 3.76. The van der Waals surface area contributed by atoms with Gasteiger partial charge < -0.3 is 10.6 Å². The third kappa shape index (κ3) is 6.22. The lowest BCUT2D eigenvalue weighted by atomic mass is 10.0. The van der Waals surface area contributed by atoms with E-state index in [2.05, 4.69) is 36.1 Å². The predicted molar refractivity (Wildman–Crippen MR) is 135 cm³/mol. The summed E-state index contributed by atoms with van der Waals surface area (Å²) in [6.45, 7) is 6.89. The van der Waals surface area contributed by atoms with Crippen LogP contribution in [0.4, 0.5) is 18.9 Å². The van der Waals surface area contributed by atoms with Crippen molar-refractivity contribution < 1.29 is 22.8 Å². The van der Waals surface area contributed by atoms with Gasteiger partial charge in [-0.3, -0.25) is 9.59 Å². The molecule has 1 aromatic carbocycles. The highest BCUT2D eigenvalue weighted by Gasteiger charge is 2.37.